The minimum Gasteiger partial charge on any atom is -0.507 e. The summed E-state index contributed by atoms with van der Waals surface area (Å²) in [7, 11) is 0. The summed E-state index contributed by atoms with van der Waals surface area (Å²) < 4.78 is 0. The van der Waals surface area contributed by atoms with Gasteiger partial charge in [-0.1, -0.05) is 36.4 Å². The van der Waals surface area contributed by atoms with Gasteiger partial charge in [0.25, 0.3) is 0 Å². The molecular formula is C10H8HgO. The van der Waals surface area contributed by atoms with E-state index in [-0.39, 0.29) is 27.7 Å². The van der Waals surface area contributed by atoms with Crippen molar-refractivity contribution in [2.45, 2.75) is 0 Å². The van der Waals surface area contributed by atoms with Crippen LogP contribution in [0, 0.1) is 0 Å². The molecule has 0 bridgehead atoms. The van der Waals surface area contributed by atoms with Crippen LogP contribution in [-0.4, -0.2) is 5.11 Å². The number of fused-ring (bicyclic) bond motifs is 1. The Hall–Kier alpha value is -0.565. The van der Waals surface area contributed by atoms with Crippen LogP contribution < -0.4 is 0 Å². The molecule has 12 heavy (non-hydrogen) atoms. The molecule has 0 atom stereocenters. The van der Waals surface area contributed by atoms with Crippen LogP contribution >= 0.6 is 0 Å². The third kappa shape index (κ3) is 1.61. The Morgan fingerprint density at radius 1 is 0.833 bits per heavy atom. The summed E-state index contributed by atoms with van der Waals surface area (Å²) in [6, 6.07) is 13.3. The van der Waals surface area contributed by atoms with Crippen LogP contribution in [0.5, 0.6) is 5.75 Å². The van der Waals surface area contributed by atoms with Crippen molar-refractivity contribution < 1.29 is 32.8 Å². The molecule has 2 rings (SSSR count). The van der Waals surface area contributed by atoms with Crippen molar-refractivity contribution in [2.24, 2.45) is 0 Å². The summed E-state index contributed by atoms with van der Waals surface area (Å²) in [5.74, 6) is 0.350. The van der Waals surface area contributed by atoms with E-state index in [0.29, 0.717) is 5.75 Å². The van der Waals surface area contributed by atoms with Gasteiger partial charge >= 0.3 is 0 Å². The van der Waals surface area contributed by atoms with Crippen molar-refractivity contribution >= 4 is 10.8 Å². The Kier molecular flexibility index (Phi) is 3.09. The van der Waals surface area contributed by atoms with Gasteiger partial charge in [0, 0.05) is 33.1 Å². The largest absolute Gasteiger partial charge is 0.507 e. The molecule has 0 amide bonds. The Labute approximate surface area is 91.5 Å². The van der Waals surface area contributed by atoms with Crippen LogP contribution in [-0.2, 0) is 27.7 Å². The van der Waals surface area contributed by atoms with Gasteiger partial charge in [-0.2, -0.15) is 0 Å². The van der Waals surface area contributed by atoms with E-state index < -0.39 is 0 Å². The van der Waals surface area contributed by atoms with Gasteiger partial charge in [-0.25, -0.2) is 0 Å². The Morgan fingerprint density at radius 3 is 2.25 bits per heavy atom. The van der Waals surface area contributed by atoms with E-state index in [2.05, 4.69) is 0 Å². The predicted molar refractivity (Wildman–Crippen MR) is 45.6 cm³/mol. The first-order valence-corrected chi connectivity index (χ1v) is 3.54. The first-order valence-electron chi connectivity index (χ1n) is 3.54. The molecule has 56 valence electrons. The average molecular weight is 345 g/mol. The van der Waals surface area contributed by atoms with Gasteiger partial charge in [0.15, 0.2) is 0 Å². The quantitative estimate of drug-likeness (QED) is 0.728. The minimum absolute atomic E-state index is 0. The van der Waals surface area contributed by atoms with Crippen LogP contribution in [0.15, 0.2) is 42.5 Å². The van der Waals surface area contributed by atoms with Crippen molar-refractivity contribution in [3.05, 3.63) is 42.5 Å². The second-order valence-electron chi connectivity index (χ2n) is 2.50. The Balaban J connectivity index is 0.000000720. The molecule has 0 saturated carbocycles. The maximum absolute atomic E-state index is 9.37. The fraction of sp³-hybridized carbons (Fsp3) is 0. The van der Waals surface area contributed by atoms with Gasteiger partial charge in [0.2, 0.25) is 0 Å². The van der Waals surface area contributed by atoms with Gasteiger partial charge in [-0.15, -0.1) is 0 Å². The van der Waals surface area contributed by atoms with Crippen LogP contribution in [0.3, 0.4) is 0 Å². The van der Waals surface area contributed by atoms with Crippen molar-refractivity contribution in [1.82, 2.24) is 0 Å². The molecule has 0 saturated heterocycles. The minimum atomic E-state index is 0. The number of phenolic OH excluding ortho intramolecular Hbond substituents is 1. The van der Waals surface area contributed by atoms with Crippen LogP contribution in [0.25, 0.3) is 10.8 Å². The van der Waals surface area contributed by atoms with E-state index in [0.717, 1.165) is 10.8 Å². The average Bonchev–Trinajstić information content (AvgIpc) is 2.06. The zero-order chi connectivity index (χ0) is 7.68. The molecule has 1 N–H and O–H groups in total. The summed E-state index contributed by atoms with van der Waals surface area (Å²) in [4.78, 5) is 0. The van der Waals surface area contributed by atoms with Crippen molar-refractivity contribution in [3.63, 3.8) is 0 Å². The van der Waals surface area contributed by atoms with Crippen LogP contribution in [0.1, 0.15) is 0 Å². The number of benzene rings is 2. The zero-order valence-electron chi connectivity index (χ0n) is 6.70. The molecule has 2 aromatic carbocycles. The molecule has 0 unspecified atom stereocenters. The molecule has 0 fully saturated rings. The first kappa shape index (κ1) is 9.52. The molecule has 2 heteroatoms. The van der Waals surface area contributed by atoms with E-state index in [1.54, 1.807) is 6.07 Å². The molecule has 1 nitrogen and oxygen atoms in total. The summed E-state index contributed by atoms with van der Waals surface area (Å²) in [6.07, 6.45) is 0. The van der Waals surface area contributed by atoms with Gasteiger partial charge in [0.1, 0.15) is 5.75 Å². The molecule has 0 heterocycles. The Morgan fingerprint density at radius 2 is 1.50 bits per heavy atom. The van der Waals surface area contributed by atoms with Crippen LogP contribution in [0.2, 0.25) is 0 Å². The standard InChI is InChI=1S/C10H8O.Hg/c11-10-7-3-5-8-4-1-2-6-9(8)10;/h1-7,11H;. The molecule has 0 radical (unpaired) electrons. The molecule has 0 aliphatic heterocycles. The monoisotopic (exact) mass is 346 g/mol. The summed E-state index contributed by atoms with van der Waals surface area (Å²) in [6.45, 7) is 0. The topological polar surface area (TPSA) is 20.2 Å². The second-order valence-corrected chi connectivity index (χ2v) is 2.50. The van der Waals surface area contributed by atoms with E-state index in [1.165, 1.54) is 0 Å². The summed E-state index contributed by atoms with van der Waals surface area (Å²) >= 11 is 0. The third-order valence-electron chi connectivity index (χ3n) is 1.77. The smallest absolute Gasteiger partial charge is 0.123 e. The number of aromatic hydroxyl groups is 1. The van der Waals surface area contributed by atoms with E-state index in [9.17, 15) is 5.11 Å². The maximum Gasteiger partial charge on any atom is 0.123 e. The molecule has 0 spiro atoms. The van der Waals surface area contributed by atoms with E-state index in [1.807, 2.05) is 36.4 Å². The SMILES string of the molecule is Oc1cccc2ccccc12.[Hg]. The number of hydrogen-bond donors (Lipinski definition) is 1. The fourth-order valence-corrected chi connectivity index (χ4v) is 1.21. The van der Waals surface area contributed by atoms with Crippen molar-refractivity contribution in [3.8, 4) is 5.75 Å². The molecular weight excluding hydrogens is 337 g/mol. The normalized spacial score (nSPS) is 9.33. The molecule has 0 aromatic heterocycles. The molecule has 0 aliphatic carbocycles. The van der Waals surface area contributed by atoms with Gasteiger partial charge in [0.05, 0.1) is 0 Å². The predicted octanol–water partition coefficient (Wildman–Crippen LogP) is 2.54. The number of hydrogen-bond acceptors (Lipinski definition) is 1. The summed E-state index contributed by atoms with van der Waals surface area (Å²) in [5.41, 5.74) is 0. The number of rotatable bonds is 0. The van der Waals surface area contributed by atoms with Gasteiger partial charge < -0.3 is 5.11 Å². The maximum atomic E-state index is 9.37. The fourth-order valence-electron chi connectivity index (χ4n) is 1.21. The van der Waals surface area contributed by atoms with Gasteiger partial charge in [-0.3, -0.25) is 0 Å². The number of phenols is 1. The van der Waals surface area contributed by atoms with E-state index >= 15 is 0 Å². The summed E-state index contributed by atoms with van der Waals surface area (Å²) in [5, 5.41) is 11.4. The first-order chi connectivity index (χ1) is 5.38. The molecule has 2 aromatic rings. The second kappa shape index (κ2) is 3.90. The van der Waals surface area contributed by atoms with Crippen LogP contribution in [0.4, 0.5) is 0 Å². The molecule has 0 aliphatic rings. The van der Waals surface area contributed by atoms with Crippen molar-refractivity contribution in [1.29, 1.82) is 0 Å². The van der Waals surface area contributed by atoms with E-state index in [4.69, 9.17) is 0 Å². The zero-order valence-corrected chi connectivity index (χ0v) is 12.2. The van der Waals surface area contributed by atoms with Crippen molar-refractivity contribution in [2.75, 3.05) is 0 Å². The Bertz CT molecular complexity index is 379. The van der Waals surface area contributed by atoms with Gasteiger partial charge in [-0.05, 0) is 11.5 Å². The third-order valence-corrected chi connectivity index (χ3v) is 1.77.